The summed E-state index contributed by atoms with van der Waals surface area (Å²) in [6, 6.07) is 1.67. The number of hydrogen-bond acceptors (Lipinski definition) is 6. The van der Waals surface area contributed by atoms with Crippen molar-refractivity contribution in [3.63, 3.8) is 0 Å². The second kappa shape index (κ2) is 7.33. The van der Waals surface area contributed by atoms with Crippen molar-refractivity contribution in [3.8, 4) is 0 Å². The number of amides is 1. The zero-order chi connectivity index (χ0) is 20.7. The molecule has 3 heterocycles. The maximum atomic E-state index is 12.9. The number of aromatic nitrogens is 2. The monoisotopic (exact) mass is 404 g/mol. The summed E-state index contributed by atoms with van der Waals surface area (Å²) in [4.78, 5) is 26.7. The predicted molar refractivity (Wildman–Crippen MR) is 110 cm³/mol. The molecule has 28 heavy (non-hydrogen) atoms. The number of hydrogen-bond donors (Lipinski definition) is 2. The van der Waals surface area contributed by atoms with E-state index in [0.29, 0.717) is 29.2 Å². The number of aryl methyl sites for hydroxylation is 1. The molecule has 2 aromatic rings. The third-order valence-electron chi connectivity index (χ3n) is 4.80. The first-order valence-electron chi connectivity index (χ1n) is 9.55. The van der Waals surface area contributed by atoms with Gasteiger partial charge in [-0.25, -0.2) is 4.79 Å². The Morgan fingerprint density at radius 3 is 2.68 bits per heavy atom. The van der Waals surface area contributed by atoms with Crippen LogP contribution in [0.1, 0.15) is 72.8 Å². The molecule has 1 amide bonds. The number of nitrogens with one attached hydrogen (secondary N) is 2. The minimum absolute atomic E-state index is 0.180. The molecule has 0 fully saturated rings. The Morgan fingerprint density at radius 2 is 2.04 bits per heavy atom. The van der Waals surface area contributed by atoms with Crippen molar-refractivity contribution in [1.29, 1.82) is 0 Å². The van der Waals surface area contributed by atoms with Gasteiger partial charge >= 0.3 is 5.97 Å². The van der Waals surface area contributed by atoms with Crippen LogP contribution in [0.25, 0.3) is 0 Å². The minimum atomic E-state index is -0.396. The summed E-state index contributed by atoms with van der Waals surface area (Å²) in [7, 11) is 0. The maximum absolute atomic E-state index is 12.9. The molecule has 152 valence electrons. The average molecular weight is 405 g/mol. The summed E-state index contributed by atoms with van der Waals surface area (Å²) < 4.78 is 6.95. The van der Waals surface area contributed by atoms with E-state index in [1.54, 1.807) is 23.9 Å². The second-order valence-corrected chi connectivity index (χ2v) is 9.15. The van der Waals surface area contributed by atoms with Gasteiger partial charge in [-0.3, -0.25) is 9.48 Å². The molecule has 1 aliphatic rings. The van der Waals surface area contributed by atoms with E-state index in [1.807, 2.05) is 6.92 Å². The van der Waals surface area contributed by atoms with E-state index in [-0.39, 0.29) is 23.6 Å². The quantitative estimate of drug-likeness (QED) is 0.745. The number of thiophene rings is 1. The van der Waals surface area contributed by atoms with Gasteiger partial charge in [0.15, 0.2) is 0 Å². The van der Waals surface area contributed by atoms with Crippen molar-refractivity contribution in [3.05, 3.63) is 34.0 Å². The largest absolute Gasteiger partial charge is 0.462 e. The Labute approximate surface area is 169 Å². The second-order valence-electron chi connectivity index (χ2n) is 8.13. The summed E-state index contributed by atoms with van der Waals surface area (Å²) in [5, 5.41) is 11.3. The van der Waals surface area contributed by atoms with Crippen molar-refractivity contribution < 1.29 is 14.3 Å². The minimum Gasteiger partial charge on any atom is -0.462 e. The van der Waals surface area contributed by atoms with Gasteiger partial charge < -0.3 is 15.4 Å². The number of ether oxygens (including phenoxy) is 1. The molecule has 0 radical (unpaired) electrons. The van der Waals surface area contributed by atoms with Gasteiger partial charge in [0.2, 0.25) is 0 Å². The lowest BCUT2D eigenvalue weighted by Gasteiger charge is -2.42. The Morgan fingerprint density at radius 1 is 1.32 bits per heavy atom. The van der Waals surface area contributed by atoms with Crippen molar-refractivity contribution in [2.45, 2.75) is 65.6 Å². The Hall–Kier alpha value is -2.19. The number of carbonyl (C=O) groups is 2. The highest BCUT2D eigenvalue weighted by atomic mass is 32.1. The third-order valence-corrected chi connectivity index (χ3v) is 6.27. The van der Waals surface area contributed by atoms with Gasteiger partial charge in [0.05, 0.1) is 12.2 Å². The van der Waals surface area contributed by atoms with Crippen LogP contribution in [0.15, 0.2) is 12.3 Å². The normalized spacial score (nSPS) is 17.1. The highest BCUT2D eigenvalue weighted by Crippen LogP contribution is 2.45. The fourth-order valence-corrected chi connectivity index (χ4v) is 5.24. The highest BCUT2D eigenvalue weighted by Gasteiger charge is 2.42. The molecule has 0 aliphatic carbocycles. The molecule has 0 saturated carbocycles. The molecule has 0 bridgehead atoms. The van der Waals surface area contributed by atoms with Crippen LogP contribution in [0.3, 0.4) is 0 Å². The maximum Gasteiger partial charge on any atom is 0.341 e. The molecule has 0 unspecified atom stereocenters. The smallest absolute Gasteiger partial charge is 0.341 e. The molecule has 8 heteroatoms. The van der Waals surface area contributed by atoms with E-state index in [1.165, 1.54) is 11.3 Å². The van der Waals surface area contributed by atoms with Gasteiger partial charge in [-0.2, -0.15) is 5.10 Å². The SMILES string of the molecule is CCOC(=O)c1c(NC(=O)c2ccnn2CC)sc2c1CC(C)(C)NC2(C)C. The first-order chi connectivity index (χ1) is 13.1. The van der Waals surface area contributed by atoms with E-state index in [9.17, 15) is 9.59 Å². The van der Waals surface area contributed by atoms with Crippen LogP contribution in [0.5, 0.6) is 0 Å². The number of rotatable bonds is 5. The fourth-order valence-electron chi connectivity index (χ4n) is 3.98. The van der Waals surface area contributed by atoms with E-state index >= 15 is 0 Å². The van der Waals surface area contributed by atoms with Crippen LogP contribution >= 0.6 is 11.3 Å². The number of carbonyl (C=O) groups excluding carboxylic acids is 2. The number of esters is 1. The number of fused-ring (bicyclic) bond motifs is 1. The molecular formula is C20H28N4O3S. The molecule has 3 rings (SSSR count). The summed E-state index contributed by atoms with van der Waals surface area (Å²) >= 11 is 1.44. The molecule has 2 N–H and O–H groups in total. The highest BCUT2D eigenvalue weighted by molar-refractivity contribution is 7.17. The van der Waals surface area contributed by atoms with Crippen molar-refractivity contribution in [2.75, 3.05) is 11.9 Å². The number of anilines is 1. The van der Waals surface area contributed by atoms with Crippen molar-refractivity contribution in [2.24, 2.45) is 0 Å². The van der Waals surface area contributed by atoms with E-state index < -0.39 is 5.97 Å². The molecule has 0 spiro atoms. The van der Waals surface area contributed by atoms with Crippen LogP contribution in [0.4, 0.5) is 5.00 Å². The summed E-state index contributed by atoms with van der Waals surface area (Å²) in [5.41, 5.74) is 1.39. The Bertz CT molecular complexity index is 911. The van der Waals surface area contributed by atoms with Gasteiger partial charge in [-0.15, -0.1) is 11.3 Å². The molecule has 0 saturated heterocycles. The summed E-state index contributed by atoms with van der Waals surface area (Å²) in [6.45, 7) is 13.0. The lowest BCUT2D eigenvalue weighted by atomic mass is 9.81. The van der Waals surface area contributed by atoms with E-state index in [0.717, 1.165) is 10.4 Å². The van der Waals surface area contributed by atoms with Crippen molar-refractivity contribution >= 4 is 28.2 Å². The van der Waals surface area contributed by atoms with Gasteiger partial charge in [0.1, 0.15) is 10.7 Å². The average Bonchev–Trinajstić information content (AvgIpc) is 3.18. The van der Waals surface area contributed by atoms with Crippen LogP contribution < -0.4 is 10.6 Å². The summed E-state index contributed by atoms with van der Waals surface area (Å²) in [6.07, 6.45) is 2.28. The molecule has 1 aliphatic heterocycles. The molecule has 7 nitrogen and oxygen atoms in total. The van der Waals surface area contributed by atoms with Crippen LogP contribution in [0.2, 0.25) is 0 Å². The Balaban J connectivity index is 2.07. The van der Waals surface area contributed by atoms with Gasteiger partial charge in [-0.1, -0.05) is 0 Å². The van der Waals surface area contributed by atoms with Crippen LogP contribution in [-0.2, 0) is 23.2 Å². The first-order valence-corrected chi connectivity index (χ1v) is 10.4. The Kier molecular flexibility index (Phi) is 5.38. The van der Waals surface area contributed by atoms with Crippen molar-refractivity contribution in [1.82, 2.24) is 15.1 Å². The van der Waals surface area contributed by atoms with Gasteiger partial charge in [0.25, 0.3) is 5.91 Å². The predicted octanol–water partition coefficient (Wildman–Crippen LogP) is 3.55. The summed E-state index contributed by atoms with van der Waals surface area (Å²) in [5.74, 6) is -0.679. The van der Waals surface area contributed by atoms with Crippen LogP contribution in [0, 0.1) is 0 Å². The first kappa shape index (κ1) is 20.5. The van der Waals surface area contributed by atoms with E-state index in [4.69, 9.17) is 4.74 Å². The zero-order valence-corrected chi connectivity index (χ0v) is 18.1. The molecule has 0 atom stereocenters. The van der Waals surface area contributed by atoms with E-state index in [2.05, 4.69) is 43.4 Å². The number of nitrogens with zero attached hydrogens (tertiary/aromatic N) is 2. The standard InChI is InChI=1S/C20H28N4O3S/c1-7-24-13(9-10-21-24)16(25)22-17-14(18(26)27-8-2)12-11-19(3,4)23-20(5,6)15(12)28-17/h9-10,23H,7-8,11H2,1-6H3,(H,22,25). The third kappa shape index (κ3) is 3.71. The lowest BCUT2D eigenvalue weighted by molar-refractivity contribution is 0.0526. The topological polar surface area (TPSA) is 85.2 Å². The van der Waals surface area contributed by atoms with Gasteiger partial charge in [0, 0.05) is 28.7 Å². The lowest BCUT2D eigenvalue weighted by Crippen LogP contribution is -2.55. The molecule has 2 aromatic heterocycles. The molecule has 0 aromatic carbocycles. The zero-order valence-electron chi connectivity index (χ0n) is 17.3. The fraction of sp³-hybridized carbons (Fsp3) is 0.550. The van der Waals surface area contributed by atoms with Gasteiger partial charge in [-0.05, 0) is 59.6 Å². The molecular weight excluding hydrogens is 376 g/mol. The van der Waals surface area contributed by atoms with Crippen LogP contribution in [-0.4, -0.2) is 33.8 Å².